The summed E-state index contributed by atoms with van der Waals surface area (Å²) in [7, 11) is 0. The molecule has 5 atom stereocenters. The number of fused-ring (bicyclic) bond motifs is 3. The van der Waals surface area contributed by atoms with E-state index in [2.05, 4.69) is 0 Å². The summed E-state index contributed by atoms with van der Waals surface area (Å²) in [4.78, 5) is 24.0. The molecule has 3 N–H and O–H groups in total. The van der Waals surface area contributed by atoms with Crippen molar-refractivity contribution in [2.24, 2.45) is 11.8 Å². The second-order valence-electron chi connectivity index (χ2n) is 6.23. The monoisotopic (exact) mass is 294 g/mol. The quantitative estimate of drug-likeness (QED) is 0.562. The summed E-state index contributed by atoms with van der Waals surface area (Å²) in [6.07, 6.45) is -0.265. The fourth-order valence-corrected chi connectivity index (χ4v) is 3.86. The van der Waals surface area contributed by atoms with Crippen molar-refractivity contribution in [3.8, 4) is 0 Å². The Kier molecular flexibility index (Phi) is 3.09. The predicted molar refractivity (Wildman–Crippen MR) is 71.0 cm³/mol. The summed E-state index contributed by atoms with van der Waals surface area (Å²) in [5.74, 6) is -2.44. The molecule has 0 aromatic rings. The van der Waals surface area contributed by atoms with Crippen molar-refractivity contribution >= 4 is 11.8 Å². The average molecular weight is 294 g/mol. The van der Waals surface area contributed by atoms with Crippen LogP contribution in [0, 0.1) is 11.8 Å². The molecule has 1 saturated heterocycles. The van der Waals surface area contributed by atoms with E-state index in [1.807, 2.05) is 0 Å². The van der Waals surface area contributed by atoms with E-state index in [9.17, 15) is 24.9 Å². The molecule has 0 amide bonds. The third kappa shape index (κ3) is 1.83. The summed E-state index contributed by atoms with van der Waals surface area (Å²) in [5, 5.41) is 30.2. The number of carbonyl (C=O) groups excluding carboxylic acids is 2. The molecule has 0 aromatic heterocycles. The average Bonchev–Trinajstić information content (AvgIpc) is 2.80. The van der Waals surface area contributed by atoms with Gasteiger partial charge < -0.3 is 20.1 Å². The Hall–Kier alpha value is -1.50. The van der Waals surface area contributed by atoms with Gasteiger partial charge in [-0.15, -0.1) is 0 Å². The number of ether oxygens (including phenoxy) is 1. The van der Waals surface area contributed by atoms with Crippen molar-refractivity contribution in [2.75, 3.05) is 6.61 Å². The number of aliphatic hydroxyl groups excluding tert-OH is 2. The van der Waals surface area contributed by atoms with Crippen LogP contribution in [-0.4, -0.2) is 51.5 Å². The number of carbonyl (C=O) groups is 2. The van der Waals surface area contributed by atoms with Crippen molar-refractivity contribution in [3.63, 3.8) is 0 Å². The van der Waals surface area contributed by atoms with Crippen LogP contribution in [0.25, 0.3) is 0 Å². The molecule has 0 bridgehead atoms. The zero-order valence-electron chi connectivity index (χ0n) is 11.9. The SMILES string of the molecule is CC1=C2C(=O)C=C(CO)[C@@H]2[C@H]2OC(=O)[C@](C)(O)[C@@H]2[C@@H](O)C1. The zero-order valence-corrected chi connectivity index (χ0v) is 11.9. The minimum atomic E-state index is -1.80. The predicted octanol–water partition coefficient (Wildman–Crippen LogP) is -0.522. The maximum Gasteiger partial charge on any atom is 0.338 e. The van der Waals surface area contributed by atoms with Crippen LogP contribution >= 0.6 is 0 Å². The maximum absolute atomic E-state index is 12.1. The van der Waals surface area contributed by atoms with E-state index >= 15 is 0 Å². The van der Waals surface area contributed by atoms with Gasteiger partial charge in [-0.2, -0.15) is 0 Å². The summed E-state index contributed by atoms with van der Waals surface area (Å²) >= 11 is 0. The van der Waals surface area contributed by atoms with Gasteiger partial charge in [0.05, 0.1) is 18.6 Å². The highest BCUT2D eigenvalue weighted by Crippen LogP contribution is 2.49. The minimum Gasteiger partial charge on any atom is -0.459 e. The third-order valence-electron chi connectivity index (χ3n) is 4.85. The van der Waals surface area contributed by atoms with E-state index in [1.165, 1.54) is 13.0 Å². The Morgan fingerprint density at radius 2 is 2.10 bits per heavy atom. The highest BCUT2D eigenvalue weighted by atomic mass is 16.6. The molecule has 0 radical (unpaired) electrons. The zero-order chi connectivity index (χ0) is 15.5. The first kappa shape index (κ1) is 14.4. The molecule has 6 heteroatoms. The van der Waals surface area contributed by atoms with Gasteiger partial charge >= 0.3 is 5.97 Å². The van der Waals surface area contributed by atoms with E-state index in [0.29, 0.717) is 16.7 Å². The van der Waals surface area contributed by atoms with Crippen LogP contribution in [0.2, 0.25) is 0 Å². The number of aliphatic hydroxyl groups is 3. The van der Waals surface area contributed by atoms with Crippen molar-refractivity contribution in [1.82, 2.24) is 0 Å². The number of hydrogen-bond donors (Lipinski definition) is 3. The lowest BCUT2D eigenvalue weighted by atomic mass is 9.77. The van der Waals surface area contributed by atoms with E-state index in [0.717, 1.165) is 0 Å². The normalized spacial score (nSPS) is 42.4. The maximum atomic E-state index is 12.1. The van der Waals surface area contributed by atoms with Gasteiger partial charge in [-0.05, 0) is 31.9 Å². The first-order chi connectivity index (χ1) is 9.78. The molecular formula is C15H18O6. The molecule has 0 spiro atoms. The van der Waals surface area contributed by atoms with Crippen LogP contribution < -0.4 is 0 Å². The lowest BCUT2D eigenvalue weighted by molar-refractivity contribution is -0.155. The first-order valence-corrected chi connectivity index (χ1v) is 6.95. The Bertz CT molecular complexity index is 585. The molecule has 3 aliphatic rings. The lowest BCUT2D eigenvalue weighted by Gasteiger charge is -2.30. The van der Waals surface area contributed by atoms with Gasteiger partial charge in [-0.3, -0.25) is 4.79 Å². The van der Waals surface area contributed by atoms with Gasteiger partial charge in [0.1, 0.15) is 6.10 Å². The summed E-state index contributed by atoms with van der Waals surface area (Å²) < 4.78 is 5.29. The number of hydrogen-bond acceptors (Lipinski definition) is 6. The smallest absolute Gasteiger partial charge is 0.338 e. The Labute approximate surface area is 121 Å². The molecule has 3 rings (SSSR count). The number of allylic oxidation sites excluding steroid dienone is 1. The van der Waals surface area contributed by atoms with Crippen LogP contribution in [0.15, 0.2) is 22.8 Å². The van der Waals surface area contributed by atoms with E-state index < -0.39 is 35.6 Å². The molecule has 1 fully saturated rings. The fraction of sp³-hybridized carbons (Fsp3) is 0.600. The number of esters is 1. The number of rotatable bonds is 1. The Morgan fingerprint density at radius 1 is 1.43 bits per heavy atom. The first-order valence-electron chi connectivity index (χ1n) is 6.95. The van der Waals surface area contributed by atoms with Crippen LogP contribution in [0.3, 0.4) is 0 Å². The van der Waals surface area contributed by atoms with E-state index in [1.54, 1.807) is 6.92 Å². The Morgan fingerprint density at radius 3 is 2.71 bits per heavy atom. The van der Waals surface area contributed by atoms with Crippen molar-refractivity contribution in [1.29, 1.82) is 0 Å². The van der Waals surface area contributed by atoms with Gasteiger partial charge in [-0.1, -0.05) is 5.57 Å². The van der Waals surface area contributed by atoms with E-state index in [4.69, 9.17) is 4.74 Å². The molecule has 0 saturated carbocycles. The largest absolute Gasteiger partial charge is 0.459 e. The molecule has 1 heterocycles. The lowest BCUT2D eigenvalue weighted by Crippen LogP contribution is -2.46. The molecule has 21 heavy (non-hydrogen) atoms. The molecule has 1 aliphatic heterocycles. The van der Waals surface area contributed by atoms with Gasteiger partial charge in [0, 0.05) is 11.5 Å². The third-order valence-corrected chi connectivity index (χ3v) is 4.85. The molecule has 2 aliphatic carbocycles. The molecular weight excluding hydrogens is 276 g/mol. The molecule has 6 nitrogen and oxygen atoms in total. The van der Waals surface area contributed by atoms with Crippen molar-refractivity contribution in [2.45, 2.75) is 38.1 Å². The van der Waals surface area contributed by atoms with Crippen molar-refractivity contribution in [3.05, 3.63) is 22.8 Å². The minimum absolute atomic E-state index is 0.193. The Balaban J connectivity index is 2.14. The topological polar surface area (TPSA) is 104 Å². The van der Waals surface area contributed by atoms with Gasteiger partial charge in [0.15, 0.2) is 11.4 Å². The summed E-state index contributed by atoms with van der Waals surface area (Å²) in [6, 6.07) is 0. The van der Waals surface area contributed by atoms with Crippen LogP contribution in [0.5, 0.6) is 0 Å². The highest BCUT2D eigenvalue weighted by Gasteiger charge is 2.61. The standard InChI is InChI=1S/C15H18O6/c1-6-3-9(18)12-13(21-14(19)15(12,2)20)11-7(5-16)4-8(17)10(6)11/h4,9,11-13,16,18,20H,3,5H2,1-2H3/t9-,11-,12+,13+,15+/m0/s1. The van der Waals surface area contributed by atoms with Crippen LogP contribution in [0.4, 0.5) is 0 Å². The van der Waals surface area contributed by atoms with Gasteiger partial charge in [0.25, 0.3) is 0 Å². The van der Waals surface area contributed by atoms with Gasteiger partial charge in [0.2, 0.25) is 0 Å². The summed E-state index contributed by atoms with van der Waals surface area (Å²) in [5.41, 5.74) is -0.162. The molecule has 0 unspecified atom stereocenters. The summed E-state index contributed by atoms with van der Waals surface area (Å²) in [6.45, 7) is 2.74. The molecule has 0 aromatic carbocycles. The van der Waals surface area contributed by atoms with E-state index in [-0.39, 0.29) is 18.8 Å². The van der Waals surface area contributed by atoms with Crippen LogP contribution in [0.1, 0.15) is 20.3 Å². The number of ketones is 1. The van der Waals surface area contributed by atoms with Crippen molar-refractivity contribution < 1.29 is 29.6 Å². The highest BCUT2D eigenvalue weighted by molar-refractivity contribution is 6.09. The molecule has 114 valence electrons. The van der Waals surface area contributed by atoms with Gasteiger partial charge in [-0.25, -0.2) is 4.79 Å². The second-order valence-corrected chi connectivity index (χ2v) is 6.23. The fourth-order valence-electron chi connectivity index (χ4n) is 3.86. The van der Waals surface area contributed by atoms with Crippen LogP contribution in [-0.2, 0) is 14.3 Å². The second kappa shape index (κ2) is 4.50.